The van der Waals surface area contributed by atoms with Gasteiger partial charge in [-0.1, -0.05) is 12.1 Å². The van der Waals surface area contributed by atoms with E-state index in [1.54, 1.807) is 0 Å². The molecule has 0 atom stereocenters. The van der Waals surface area contributed by atoms with E-state index in [0.29, 0.717) is 5.95 Å². The molecule has 3 aromatic rings. The van der Waals surface area contributed by atoms with Crippen LogP contribution in [0.4, 0.5) is 11.6 Å². The van der Waals surface area contributed by atoms with Gasteiger partial charge in [0.15, 0.2) is 0 Å². The summed E-state index contributed by atoms with van der Waals surface area (Å²) in [6.07, 6.45) is 1.81. The Morgan fingerprint density at radius 1 is 0.889 bits per heavy atom. The third kappa shape index (κ3) is 3.22. The predicted molar refractivity (Wildman–Crippen MR) is 105 cm³/mol. The summed E-state index contributed by atoms with van der Waals surface area (Å²) < 4.78 is 7.49. The van der Waals surface area contributed by atoms with Crippen LogP contribution in [0, 0.1) is 0 Å². The number of nitrogens with zero attached hydrogens (tertiary/aromatic N) is 6. The van der Waals surface area contributed by atoms with Crippen LogP contribution in [0.3, 0.4) is 0 Å². The normalized spacial score (nSPS) is 18.2. The van der Waals surface area contributed by atoms with Crippen LogP contribution in [0.25, 0.3) is 17.0 Å². The molecule has 0 radical (unpaired) electrons. The van der Waals surface area contributed by atoms with Crippen LogP contribution in [0.5, 0.6) is 0 Å². The lowest BCUT2D eigenvalue weighted by Gasteiger charge is -2.31. The van der Waals surface area contributed by atoms with Crippen molar-refractivity contribution in [2.75, 3.05) is 62.3 Å². The summed E-state index contributed by atoms with van der Waals surface area (Å²) in [5, 5.41) is 3.40. The predicted octanol–water partition coefficient (Wildman–Crippen LogP) is 1.06. The molecular formula is C19H23N7O. The van der Waals surface area contributed by atoms with Crippen molar-refractivity contribution < 1.29 is 4.74 Å². The molecule has 2 saturated heterocycles. The summed E-state index contributed by atoms with van der Waals surface area (Å²) in [6.45, 7) is 7.00. The second kappa shape index (κ2) is 7.13. The number of rotatable bonds is 3. The molecule has 0 unspecified atom stereocenters. The lowest BCUT2D eigenvalue weighted by Crippen LogP contribution is -2.44. The molecule has 2 aromatic heterocycles. The summed E-state index contributed by atoms with van der Waals surface area (Å²) in [4.78, 5) is 18.9. The van der Waals surface area contributed by atoms with Gasteiger partial charge < -0.3 is 19.9 Å². The molecule has 1 N–H and O–H groups in total. The largest absolute Gasteiger partial charge is 0.378 e. The molecule has 2 aliphatic rings. The first-order chi connectivity index (χ1) is 13.4. The van der Waals surface area contributed by atoms with Crippen molar-refractivity contribution >= 4 is 22.7 Å². The van der Waals surface area contributed by atoms with Gasteiger partial charge in [0, 0.05) is 45.3 Å². The Morgan fingerprint density at radius 3 is 2.37 bits per heavy atom. The fourth-order valence-corrected chi connectivity index (χ4v) is 3.65. The van der Waals surface area contributed by atoms with Gasteiger partial charge >= 0.3 is 0 Å². The van der Waals surface area contributed by atoms with E-state index in [4.69, 9.17) is 14.7 Å². The average molecular weight is 365 g/mol. The monoisotopic (exact) mass is 365 g/mol. The van der Waals surface area contributed by atoms with E-state index in [1.165, 1.54) is 0 Å². The standard InChI is InChI=1S/C19H23N7O/c1-2-4-16-15(3-1)21-14-26(16)19-22-17(24-7-5-20-6-8-24)13-18(23-19)25-9-11-27-12-10-25/h1-4,13-14,20H,5-12H2. The summed E-state index contributed by atoms with van der Waals surface area (Å²) in [5.41, 5.74) is 1.96. The summed E-state index contributed by atoms with van der Waals surface area (Å²) in [7, 11) is 0. The number of ether oxygens (including phenoxy) is 1. The Morgan fingerprint density at radius 2 is 1.59 bits per heavy atom. The highest BCUT2D eigenvalue weighted by molar-refractivity contribution is 5.76. The van der Waals surface area contributed by atoms with E-state index < -0.39 is 0 Å². The smallest absolute Gasteiger partial charge is 0.239 e. The van der Waals surface area contributed by atoms with Gasteiger partial charge in [-0.3, -0.25) is 4.57 Å². The number of fused-ring (bicyclic) bond motifs is 1. The SMILES string of the molecule is c1ccc2c(c1)ncn2-c1nc(N2CCNCC2)cc(N2CCOCC2)n1. The summed E-state index contributed by atoms with van der Waals surface area (Å²) in [5.74, 6) is 2.59. The highest BCUT2D eigenvalue weighted by atomic mass is 16.5. The maximum absolute atomic E-state index is 5.51. The van der Waals surface area contributed by atoms with Crippen LogP contribution in [-0.4, -0.2) is 72.0 Å². The minimum Gasteiger partial charge on any atom is -0.378 e. The molecule has 0 amide bonds. The first kappa shape index (κ1) is 16.5. The maximum Gasteiger partial charge on any atom is 0.239 e. The Kier molecular flexibility index (Phi) is 4.35. The molecule has 140 valence electrons. The molecule has 1 aromatic carbocycles. The number of hydrogen-bond donors (Lipinski definition) is 1. The van der Waals surface area contributed by atoms with E-state index in [1.807, 2.05) is 29.1 Å². The average Bonchev–Trinajstić information content (AvgIpc) is 3.19. The number of hydrogen-bond acceptors (Lipinski definition) is 7. The molecule has 5 rings (SSSR count). The van der Waals surface area contributed by atoms with Crippen molar-refractivity contribution in [1.29, 1.82) is 0 Å². The minimum absolute atomic E-state index is 0.668. The third-order valence-electron chi connectivity index (χ3n) is 5.13. The van der Waals surface area contributed by atoms with Crippen molar-refractivity contribution in [3.8, 4) is 5.95 Å². The number of piperazine rings is 1. The molecule has 4 heterocycles. The highest BCUT2D eigenvalue weighted by Gasteiger charge is 2.20. The van der Waals surface area contributed by atoms with Crippen molar-refractivity contribution in [2.24, 2.45) is 0 Å². The minimum atomic E-state index is 0.668. The van der Waals surface area contributed by atoms with Gasteiger partial charge in [0.25, 0.3) is 0 Å². The number of imidazole rings is 1. The molecule has 0 spiro atoms. The third-order valence-corrected chi connectivity index (χ3v) is 5.13. The number of aromatic nitrogens is 4. The molecule has 0 saturated carbocycles. The molecule has 8 nitrogen and oxygen atoms in total. The maximum atomic E-state index is 5.51. The zero-order valence-corrected chi connectivity index (χ0v) is 15.2. The lowest BCUT2D eigenvalue weighted by atomic mass is 10.3. The van der Waals surface area contributed by atoms with Crippen molar-refractivity contribution in [3.05, 3.63) is 36.7 Å². The van der Waals surface area contributed by atoms with E-state index in [-0.39, 0.29) is 0 Å². The highest BCUT2D eigenvalue weighted by Crippen LogP contribution is 2.24. The van der Waals surface area contributed by atoms with E-state index in [0.717, 1.165) is 75.2 Å². The quantitative estimate of drug-likeness (QED) is 0.744. The molecule has 0 aliphatic carbocycles. The van der Waals surface area contributed by atoms with Crippen LogP contribution in [0.1, 0.15) is 0 Å². The van der Waals surface area contributed by atoms with Gasteiger partial charge in [-0.15, -0.1) is 0 Å². The molecule has 0 bridgehead atoms. The van der Waals surface area contributed by atoms with Gasteiger partial charge in [-0.05, 0) is 12.1 Å². The fraction of sp³-hybridized carbons (Fsp3) is 0.421. The number of morpholine rings is 1. The Bertz CT molecular complexity index is 892. The molecule has 27 heavy (non-hydrogen) atoms. The Balaban J connectivity index is 1.60. The first-order valence-electron chi connectivity index (χ1n) is 9.48. The Hall–Kier alpha value is -2.71. The fourth-order valence-electron chi connectivity index (χ4n) is 3.65. The van der Waals surface area contributed by atoms with Gasteiger partial charge in [-0.25, -0.2) is 4.98 Å². The zero-order valence-electron chi connectivity index (χ0n) is 15.2. The van der Waals surface area contributed by atoms with Crippen LogP contribution in [0.2, 0.25) is 0 Å². The molecule has 2 fully saturated rings. The van der Waals surface area contributed by atoms with E-state index in [9.17, 15) is 0 Å². The van der Waals surface area contributed by atoms with Crippen molar-refractivity contribution in [2.45, 2.75) is 0 Å². The van der Waals surface area contributed by atoms with Crippen molar-refractivity contribution in [3.63, 3.8) is 0 Å². The van der Waals surface area contributed by atoms with Crippen LogP contribution in [-0.2, 0) is 4.74 Å². The first-order valence-corrected chi connectivity index (χ1v) is 9.48. The van der Waals surface area contributed by atoms with Crippen LogP contribution < -0.4 is 15.1 Å². The van der Waals surface area contributed by atoms with Crippen molar-refractivity contribution in [1.82, 2.24) is 24.8 Å². The molecular weight excluding hydrogens is 342 g/mol. The van der Waals surface area contributed by atoms with E-state index in [2.05, 4.69) is 32.2 Å². The second-order valence-electron chi connectivity index (χ2n) is 6.82. The van der Waals surface area contributed by atoms with Crippen LogP contribution in [0.15, 0.2) is 36.7 Å². The number of para-hydroxylation sites is 2. The summed E-state index contributed by atoms with van der Waals surface area (Å²) >= 11 is 0. The van der Waals surface area contributed by atoms with Crippen LogP contribution >= 0.6 is 0 Å². The van der Waals surface area contributed by atoms with Gasteiger partial charge in [0.2, 0.25) is 5.95 Å². The number of benzene rings is 1. The van der Waals surface area contributed by atoms with Gasteiger partial charge in [-0.2, -0.15) is 9.97 Å². The second-order valence-corrected chi connectivity index (χ2v) is 6.82. The molecule has 2 aliphatic heterocycles. The lowest BCUT2D eigenvalue weighted by molar-refractivity contribution is 0.122. The number of nitrogens with one attached hydrogen (secondary N) is 1. The van der Waals surface area contributed by atoms with Gasteiger partial charge in [0.05, 0.1) is 24.2 Å². The number of anilines is 2. The van der Waals surface area contributed by atoms with Gasteiger partial charge in [0.1, 0.15) is 18.0 Å². The zero-order chi connectivity index (χ0) is 18.1. The molecule has 8 heteroatoms. The topological polar surface area (TPSA) is 71.3 Å². The Labute approximate surface area is 157 Å². The summed E-state index contributed by atoms with van der Waals surface area (Å²) in [6, 6.07) is 10.2. The van der Waals surface area contributed by atoms with E-state index >= 15 is 0 Å².